The first-order valence-electron chi connectivity index (χ1n) is 9.27. The van der Waals surface area contributed by atoms with E-state index in [4.69, 9.17) is 33.5 Å². The SMILES string of the molecule is CN=C(CC1C(N)=NCCN1Cc1c(Cl)ccc(F)c1Cl)c1nc(C(C)C)no1. The number of aromatic nitrogens is 2. The summed E-state index contributed by atoms with van der Waals surface area (Å²) in [5.74, 6) is 1.06. The van der Waals surface area contributed by atoms with E-state index in [2.05, 4.69) is 25.0 Å². The van der Waals surface area contributed by atoms with Crippen molar-refractivity contribution in [2.24, 2.45) is 15.7 Å². The normalized spacial score (nSPS) is 18.4. The average molecular weight is 441 g/mol. The summed E-state index contributed by atoms with van der Waals surface area (Å²) in [6.45, 7) is 5.44. The molecule has 0 spiro atoms. The first-order chi connectivity index (χ1) is 13.8. The summed E-state index contributed by atoms with van der Waals surface area (Å²) in [7, 11) is 1.66. The molecule has 1 atom stereocenters. The molecule has 7 nitrogen and oxygen atoms in total. The second kappa shape index (κ2) is 9.19. The number of hydrogen-bond donors (Lipinski definition) is 1. The highest BCUT2D eigenvalue weighted by Crippen LogP contribution is 2.30. The Balaban J connectivity index is 1.86. The third kappa shape index (κ3) is 4.76. The van der Waals surface area contributed by atoms with Crippen LogP contribution in [0.15, 0.2) is 26.6 Å². The molecule has 0 bridgehead atoms. The van der Waals surface area contributed by atoms with Gasteiger partial charge < -0.3 is 10.3 Å². The highest BCUT2D eigenvalue weighted by molar-refractivity contribution is 6.36. The molecule has 2 aromatic rings. The molecule has 1 aromatic carbocycles. The summed E-state index contributed by atoms with van der Waals surface area (Å²) in [5.41, 5.74) is 7.35. The molecule has 0 saturated carbocycles. The Morgan fingerprint density at radius 1 is 1.41 bits per heavy atom. The Bertz CT molecular complexity index is 943. The van der Waals surface area contributed by atoms with Gasteiger partial charge in [-0.2, -0.15) is 4.98 Å². The Morgan fingerprint density at radius 2 is 2.17 bits per heavy atom. The summed E-state index contributed by atoms with van der Waals surface area (Å²) in [6, 6.07) is 2.47. The summed E-state index contributed by atoms with van der Waals surface area (Å²) in [6.07, 6.45) is 0.413. The van der Waals surface area contributed by atoms with Crippen LogP contribution in [-0.4, -0.2) is 52.8 Å². The second-order valence-electron chi connectivity index (χ2n) is 7.10. The first kappa shape index (κ1) is 21.7. The van der Waals surface area contributed by atoms with E-state index in [1.165, 1.54) is 12.1 Å². The number of benzene rings is 1. The molecule has 0 fully saturated rings. The van der Waals surface area contributed by atoms with Crippen molar-refractivity contribution in [3.63, 3.8) is 0 Å². The van der Waals surface area contributed by atoms with Gasteiger partial charge in [-0.15, -0.1) is 0 Å². The Morgan fingerprint density at radius 3 is 2.83 bits per heavy atom. The number of aliphatic imine (C=N–C) groups is 2. The highest BCUT2D eigenvalue weighted by atomic mass is 35.5. The van der Waals surface area contributed by atoms with Gasteiger partial charge in [0.2, 0.25) is 0 Å². The lowest BCUT2D eigenvalue weighted by atomic mass is 10.0. The molecule has 0 amide bonds. The maximum Gasteiger partial charge on any atom is 0.271 e. The van der Waals surface area contributed by atoms with Crippen molar-refractivity contribution < 1.29 is 8.91 Å². The average Bonchev–Trinajstić information content (AvgIpc) is 3.18. The van der Waals surface area contributed by atoms with Crippen LogP contribution in [0.2, 0.25) is 10.0 Å². The number of nitrogens with two attached hydrogens (primary N) is 1. The molecule has 1 aliphatic heterocycles. The maximum atomic E-state index is 13.9. The molecule has 0 radical (unpaired) electrons. The van der Waals surface area contributed by atoms with Crippen molar-refractivity contribution in [3.8, 4) is 0 Å². The lowest BCUT2D eigenvalue weighted by molar-refractivity contribution is 0.231. The van der Waals surface area contributed by atoms with Gasteiger partial charge in [0.05, 0.1) is 17.6 Å². The van der Waals surface area contributed by atoms with Gasteiger partial charge in [-0.05, 0) is 12.1 Å². The van der Waals surface area contributed by atoms with Crippen molar-refractivity contribution >= 4 is 34.7 Å². The maximum absolute atomic E-state index is 13.9. The predicted molar refractivity (Wildman–Crippen MR) is 113 cm³/mol. The van der Waals surface area contributed by atoms with Crippen LogP contribution in [0.25, 0.3) is 0 Å². The van der Waals surface area contributed by atoms with E-state index >= 15 is 0 Å². The van der Waals surface area contributed by atoms with E-state index in [1.54, 1.807) is 7.05 Å². The zero-order chi connectivity index (χ0) is 21.1. The molecule has 1 unspecified atom stereocenters. The van der Waals surface area contributed by atoms with Gasteiger partial charge in [-0.25, -0.2) is 4.39 Å². The summed E-state index contributed by atoms with van der Waals surface area (Å²) < 4.78 is 19.3. The van der Waals surface area contributed by atoms with Crippen LogP contribution in [0, 0.1) is 5.82 Å². The zero-order valence-corrected chi connectivity index (χ0v) is 18.0. The van der Waals surface area contributed by atoms with Crippen LogP contribution in [-0.2, 0) is 6.54 Å². The van der Waals surface area contributed by atoms with Crippen LogP contribution >= 0.6 is 23.2 Å². The van der Waals surface area contributed by atoms with E-state index in [-0.39, 0.29) is 17.0 Å². The minimum absolute atomic E-state index is 0.0141. The summed E-state index contributed by atoms with van der Waals surface area (Å²) >= 11 is 12.4. The molecule has 10 heteroatoms. The molecule has 1 aromatic heterocycles. The fraction of sp³-hybridized carbons (Fsp3) is 0.474. The molecule has 0 saturated heterocycles. The molecule has 3 rings (SSSR count). The third-order valence-electron chi connectivity index (χ3n) is 4.83. The minimum atomic E-state index is -0.510. The molecule has 2 heterocycles. The van der Waals surface area contributed by atoms with Gasteiger partial charge in [-0.1, -0.05) is 42.2 Å². The Labute approximate surface area is 178 Å². The van der Waals surface area contributed by atoms with Crippen molar-refractivity contribution in [2.75, 3.05) is 20.1 Å². The topological polar surface area (TPSA) is 92.9 Å². The van der Waals surface area contributed by atoms with Crippen LogP contribution in [0.4, 0.5) is 4.39 Å². The van der Waals surface area contributed by atoms with Gasteiger partial charge in [0.25, 0.3) is 5.89 Å². The van der Waals surface area contributed by atoms with Gasteiger partial charge in [0.15, 0.2) is 5.82 Å². The van der Waals surface area contributed by atoms with E-state index in [0.717, 1.165) is 0 Å². The molecule has 29 heavy (non-hydrogen) atoms. The van der Waals surface area contributed by atoms with E-state index in [1.807, 2.05) is 13.8 Å². The lowest BCUT2D eigenvalue weighted by Crippen LogP contribution is -2.50. The number of nitrogens with zero attached hydrogens (tertiary/aromatic N) is 5. The van der Waals surface area contributed by atoms with Crippen molar-refractivity contribution in [1.29, 1.82) is 0 Å². The molecule has 156 valence electrons. The molecule has 0 aliphatic carbocycles. The largest absolute Gasteiger partial charge is 0.386 e. The van der Waals surface area contributed by atoms with Crippen LogP contribution in [0.3, 0.4) is 0 Å². The van der Waals surface area contributed by atoms with Gasteiger partial charge in [0.1, 0.15) is 17.4 Å². The van der Waals surface area contributed by atoms with Gasteiger partial charge in [0, 0.05) is 43.1 Å². The summed E-state index contributed by atoms with van der Waals surface area (Å²) in [5, 5.41) is 4.41. The fourth-order valence-corrected chi connectivity index (χ4v) is 3.63. The van der Waals surface area contributed by atoms with Crippen molar-refractivity contribution in [2.45, 2.75) is 38.8 Å². The highest BCUT2D eigenvalue weighted by Gasteiger charge is 2.30. The van der Waals surface area contributed by atoms with Crippen molar-refractivity contribution in [1.82, 2.24) is 15.0 Å². The number of amidine groups is 1. The zero-order valence-electron chi connectivity index (χ0n) is 16.5. The van der Waals surface area contributed by atoms with Gasteiger partial charge in [-0.3, -0.25) is 14.9 Å². The predicted octanol–water partition coefficient (Wildman–Crippen LogP) is 3.69. The van der Waals surface area contributed by atoms with Crippen LogP contribution in [0.1, 0.15) is 43.5 Å². The molecule has 2 N–H and O–H groups in total. The Kier molecular flexibility index (Phi) is 6.87. The fourth-order valence-electron chi connectivity index (χ4n) is 3.14. The van der Waals surface area contributed by atoms with Gasteiger partial charge >= 0.3 is 0 Å². The first-order valence-corrected chi connectivity index (χ1v) is 10.0. The Hall–Kier alpha value is -2.03. The lowest BCUT2D eigenvalue weighted by Gasteiger charge is -2.34. The van der Waals surface area contributed by atoms with Crippen LogP contribution < -0.4 is 5.73 Å². The van der Waals surface area contributed by atoms with Crippen LogP contribution in [0.5, 0.6) is 0 Å². The summed E-state index contributed by atoms with van der Waals surface area (Å²) in [4.78, 5) is 15.2. The number of halogens is 3. The molecule has 1 aliphatic rings. The minimum Gasteiger partial charge on any atom is -0.386 e. The molecular formula is C19H23Cl2FN6O. The number of hydrogen-bond acceptors (Lipinski definition) is 7. The van der Waals surface area contributed by atoms with Crippen molar-refractivity contribution in [3.05, 3.63) is 45.3 Å². The quantitative estimate of drug-likeness (QED) is 0.545. The standard InChI is InChI=1S/C19H23Cl2FN6O/c1-10(2)18-26-19(29-27-18)14(24-3)8-15-17(23)25-6-7-28(15)9-11-12(20)4-5-13(22)16(11)21/h4-5,10,15H,6-9H2,1-3H3,(H2,23,25). The van der Waals surface area contributed by atoms with E-state index < -0.39 is 5.82 Å². The monoisotopic (exact) mass is 440 g/mol. The van der Waals surface area contributed by atoms with E-state index in [9.17, 15) is 4.39 Å². The third-order valence-corrected chi connectivity index (χ3v) is 5.59. The van der Waals surface area contributed by atoms with E-state index in [0.29, 0.717) is 59.9 Å². The number of rotatable bonds is 6. The molecular weight excluding hydrogens is 418 g/mol. The second-order valence-corrected chi connectivity index (χ2v) is 7.89. The smallest absolute Gasteiger partial charge is 0.271 e.